The normalized spacial score (nSPS) is 12.0. The number of rotatable bonds is 3. The summed E-state index contributed by atoms with van der Waals surface area (Å²) in [6.45, 7) is 0.347. The zero-order valence-electron chi connectivity index (χ0n) is 13.0. The van der Waals surface area contributed by atoms with Gasteiger partial charge in [0.05, 0.1) is 18.3 Å². The number of hydrogen-bond donors (Lipinski definition) is 0. The average molecular weight is 378 g/mol. The fraction of sp³-hybridized carbons (Fsp3) is 0.118. The second-order valence-electron chi connectivity index (χ2n) is 5.58. The van der Waals surface area contributed by atoms with Gasteiger partial charge < -0.3 is 0 Å². The summed E-state index contributed by atoms with van der Waals surface area (Å²) >= 11 is 0.669. The predicted molar refractivity (Wildman–Crippen MR) is 89.1 cm³/mol. The van der Waals surface area contributed by atoms with Crippen LogP contribution in [0.25, 0.3) is 21.5 Å². The highest BCUT2D eigenvalue weighted by Gasteiger charge is 2.32. The molecule has 4 nitrogen and oxygen atoms in total. The van der Waals surface area contributed by atoms with Gasteiger partial charge >= 0.3 is 6.18 Å². The quantitative estimate of drug-likeness (QED) is 0.381. The summed E-state index contributed by atoms with van der Waals surface area (Å²) in [4.78, 5) is 7.69. The lowest BCUT2D eigenvalue weighted by Gasteiger charge is -2.05. The van der Waals surface area contributed by atoms with Crippen molar-refractivity contribution in [3.8, 4) is 10.4 Å². The lowest BCUT2D eigenvalue weighted by molar-refractivity contribution is -0.134. The molecule has 0 spiro atoms. The summed E-state index contributed by atoms with van der Waals surface area (Å²) < 4.78 is 53.0. The van der Waals surface area contributed by atoms with Crippen LogP contribution in [0.15, 0.2) is 48.9 Å². The van der Waals surface area contributed by atoms with Gasteiger partial charge in [0.25, 0.3) is 0 Å². The number of halogens is 4. The van der Waals surface area contributed by atoms with Gasteiger partial charge in [0, 0.05) is 22.8 Å². The molecule has 0 aromatic carbocycles. The number of hydrogen-bond acceptors (Lipinski definition) is 4. The van der Waals surface area contributed by atoms with E-state index in [-0.39, 0.29) is 0 Å². The smallest absolute Gasteiger partial charge is 0.259 e. The van der Waals surface area contributed by atoms with Crippen molar-refractivity contribution in [2.75, 3.05) is 0 Å². The molecule has 0 radical (unpaired) electrons. The van der Waals surface area contributed by atoms with Gasteiger partial charge in [-0.2, -0.15) is 22.7 Å². The van der Waals surface area contributed by atoms with Crippen molar-refractivity contribution in [1.82, 2.24) is 19.7 Å². The van der Waals surface area contributed by atoms with Crippen LogP contribution in [0.3, 0.4) is 0 Å². The molecule has 0 saturated carbocycles. The molecule has 4 heterocycles. The zero-order chi connectivity index (χ0) is 18.3. The van der Waals surface area contributed by atoms with Crippen molar-refractivity contribution in [2.24, 2.45) is 0 Å². The standard InChI is InChI=1S/C17H10F4N4S/c18-16-4-1-10(6-23-16)9-25-13-5-11(7-22-12(13)8-24-25)14-2-3-15(26-14)17(19,20)21/h1-8H,9H2. The summed E-state index contributed by atoms with van der Waals surface area (Å²) in [5.41, 5.74) is 2.62. The molecule has 0 aliphatic rings. The Balaban J connectivity index is 1.70. The number of thiophene rings is 1. The van der Waals surface area contributed by atoms with Crippen molar-refractivity contribution >= 4 is 22.4 Å². The highest BCUT2D eigenvalue weighted by atomic mass is 32.1. The Morgan fingerprint density at radius 1 is 1.00 bits per heavy atom. The largest absolute Gasteiger partial charge is 0.425 e. The van der Waals surface area contributed by atoms with Gasteiger partial charge in [-0.15, -0.1) is 11.3 Å². The maximum atomic E-state index is 12.9. The molecule has 0 bridgehead atoms. The van der Waals surface area contributed by atoms with Crippen molar-refractivity contribution in [1.29, 1.82) is 0 Å². The third kappa shape index (κ3) is 3.17. The van der Waals surface area contributed by atoms with E-state index in [1.54, 1.807) is 23.0 Å². The van der Waals surface area contributed by atoms with E-state index in [0.717, 1.165) is 11.6 Å². The zero-order valence-corrected chi connectivity index (χ0v) is 13.9. The molecule has 9 heteroatoms. The van der Waals surface area contributed by atoms with Crippen LogP contribution in [0.5, 0.6) is 0 Å². The second kappa shape index (κ2) is 6.17. The molecule has 0 aliphatic heterocycles. The first-order chi connectivity index (χ1) is 12.4. The van der Waals surface area contributed by atoms with E-state index in [9.17, 15) is 17.6 Å². The van der Waals surface area contributed by atoms with E-state index in [1.807, 2.05) is 0 Å². The number of fused-ring (bicyclic) bond motifs is 1. The van der Waals surface area contributed by atoms with E-state index >= 15 is 0 Å². The Labute approximate surface area is 148 Å². The maximum Gasteiger partial charge on any atom is 0.425 e. The van der Waals surface area contributed by atoms with Gasteiger partial charge in [0.2, 0.25) is 5.95 Å². The number of alkyl halides is 3. The van der Waals surface area contributed by atoms with Crippen molar-refractivity contribution in [3.63, 3.8) is 0 Å². The summed E-state index contributed by atoms with van der Waals surface area (Å²) in [6.07, 6.45) is 0.151. The first kappa shape index (κ1) is 16.6. The SMILES string of the molecule is Fc1ccc(Cn2ncc3ncc(-c4ccc(C(F)(F)F)s4)cc32)cn1. The molecular formula is C17H10F4N4S. The lowest BCUT2D eigenvalue weighted by Crippen LogP contribution is -2.02. The average Bonchev–Trinajstić information content (AvgIpc) is 3.24. The molecule has 4 aromatic rings. The fourth-order valence-electron chi connectivity index (χ4n) is 2.54. The summed E-state index contributed by atoms with van der Waals surface area (Å²) in [7, 11) is 0. The van der Waals surface area contributed by atoms with E-state index < -0.39 is 17.0 Å². The van der Waals surface area contributed by atoms with Gasteiger partial charge in [0.15, 0.2) is 0 Å². The van der Waals surface area contributed by atoms with Gasteiger partial charge in [-0.05, 0) is 29.8 Å². The van der Waals surface area contributed by atoms with Crippen LogP contribution in [0.4, 0.5) is 17.6 Å². The molecular weight excluding hydrogens is 368 g/mol. The summed E-state index contributed by atoms with van der Waals surface area (Å²) in [6, 6.07) is 7.10. The molecule has 0 amide bonds. The Hall–Kier alpha value is -2.81. The van der Waals surface area contributed by atoms with E-state index in [4.69, 9.17) is 0 Å². The van der Waals surface area contributed by atoms with Crippen molar-refractivity contribution in [3.05, 3.63) is 65.3 Å². The van der Waals surface area contributed by atoms with E-state index in [2.05, 4.69) is 15.1 Å². The summed E-state index contributed by atoms with van der Waals surface area (Å²) in [5, 5.41) is 4.25. The van der Waals surface area contributed by atoms with Gasteiger partial charge in [-0.1, -0.05) is 6.07 Å². The lowest BCUT2D eigenvalue weighted by atomic mass is 10.2. The Kier molecular flexibility index (Phi) is 3.95. The third-order valence-electron chi connectivity index (χ3n) is 3.79. The molecule has 0 unspecified atom stereocenters. The number of aromatic nitrogens is 4. The minimum Gasteiger partial charge on any atom is -0.259 e. The Bertz CT molecular complexity index is 1070. The van der Waals surface area contributed by atoms with E-state index in [1.165, 1.54) is 24.5 Å². The number of pyridine rings is 2. The molecule has 4 aromatic heterocycles. The Morgan fingerprint density at radius 2 is 1.85 bits per heavy atom. The first-order valence-corrected chi connectivity index (χ1v) is 8.31. The minimum absolute atomic E-state index is 0.347. The van der Waals surface area contributed by atoms with Crippen molar-refractivity contribution < 1.29 is 17.6 Å². The van der Waals surface area contributed by atoms with Crippen LogP contribution in [0.1, 0.15) is 10.4 Å². The van der Waals surface area contributed by atoms with Gasteiger partial charge in [-0.3, -0.25) is 9.67 Å². The highest BCUT2D eigenvalue weighted by Crippen LogP contribution is 2.38. The van der Waals surface area contributed by atoms with Crippen LogP contribution in [0.2, 0.25) is 0 Å². The maximum absolute atomic E-state index is 12.9. The monoisotopic (exact) mass is 378 g/mol. The van der Waals surface area contributed by atoms with Crippen LogP contribution in [-0.4, -0.2) is 19.7 Å². The second-order valence-corrected chi connectivity index (χ2v) is 6.67. The van der Waals surface area contributed by atoms with E-state index in [0.29, 0.717) is 39.4 Å². The van der Waals surface area contributed by atoms with Gasteiger partial charge in [-0.25, -0.2) is 4.98 Å². The molecule has 0 saturated heterocycles. The number of nitrogens with zero attached hydrogens (tertiary/aromatic N) is 4. The minimum atomic E-state index is -4.36. The van der Waals surface area contributed by atoms with Crippen LogP contribution in [0, 0.1) is 5.95 Å². The van der Waals surface area contributed by atoms with Gasteiger partial charge in [0.1, 0.15) is 10.4 Å². The molecule has 4 rings (SSSR count). The molecule has 132 valence electrons. The van der Waals surface area contributed by atoms with Crippen molar-refractivity contribution in [2.45, 2.75) is 12.7 Å². The third-order valence-corrected chi connectivity index (χ3v) is 4.96. The first-order valence-electron chi connectivity index (χ1n) is 7.49. The fourth-order valence-corrected chi connectivity index (χ4v) is 3.39. The van der Waals surface area contributed by atoms with Crippen LogP contribution >= 0.6 is 11.3 Å². The molecule has 0 atom stereocenters. The molecule has 0 N–H and O–H groups in total. The Morgan fingerprint density at radius 3 is 2.54 bits per heavy atom. The molecule has 0 aliphatic carbocycles. The van der Waals surface area contributed by atoms with Crippen LogP contribution < -0.4 is 0 Å². The molecule has 26 heavy (non-hydrogen) atoms. The summed E-state index contributed by atoms with van der Waals surface area (Å²) in [5.74, 6) is -0.568. The highest BCUT2D eigenvalue weighted by molar-refractivity contribution is 7.15. The topological polar surface area (TPSA) is 43.6 Å². The molecule has 0 fully saturated rings. The van der Waals surface area contributed by atoms with Crippen LogP contribution in [-0.2, 0) is 12.7 Å². The predicted octanol–water partition coefficient (Wildman–Crippen LogP) is 4.76.